The average Bonchev–Trinajstić information content (AvgIpc) is 3.44. The van der Waals surface area contributed by atoms with Gasteiger partial charge in [0.15, 0.2) is 0 Å². The fourth-order valence-corrected chi connectivity index (χ4v) is 4.19. The van der Waals surface area contributed by atoms with Crippen LogP contribution in [0, 0.1) is 19.8 Å². The van der Waals surface area contributed by atoms with Gasteiger partial charge in [0, 0.05) is 17.7 Å². The maximum Gasteiger partial charge on any atom is 0.229 e. The van der Waals surface area contributed by atoms with Gasteiger partial charge in [-0.05, 0) is 56.0 Å². The summed E-state index contributed by atoms with van der Waals surface area (Å²) in [5, 5.41) is 3.19. The highest BCUT2D eigenvalue weighted by Gasteiger charge is 2.44. The largest absolute Gasteiger partial charge is 0.310 e. The van der Waals surface area contributed by atoms with Gasteiger partial charge in [-0.15, -0.1) is 0 Å². The lowest BCUT2D eigenvalue weighted by Gasteiger charge is -2.09. The van der Waals surface area contributed by atoms with Crippen molar-refractivity contribution in [2.24, 2.45) is 5.92 Å². The van der Waals surface area contributed by atoms with Gasteiger partial charge >= 0.3 is 0 Å². The molecule has 1 aliphatic carbocycles. The van der Waals surface area contributed by atoms with E-state index >= 15 is 0 Å². The van der Waals surface area contributed by atoms with Gasteiger partial charge in [-0.25, -0.2) is 4.98 Å². The van der Waals surface area contributed by atoms with Crippen LogP contribution in [0.1, 0.15) is 29.0 Å². The van der Waals surface area contributed by atoms with E-state index < -0.39 is 0 Å². The number of hydrogen-bond donors (Lipinski definition) is 1. The van der Waals surface area contributed by atoms with Crippen LogP contribution >= 0.6 is 0 Å². The molecule has 2 atom stereocenters. The zero-order valence-electron chi connectivity index (χ0n) is 16.6. The summed E-state index contributed by atoms with van der Waals surface area (Å²) in [6.07, 6.45) is 2.84. The van der Waals surface area contributed by atoms with Crippen molar-refractivity contribution >= 4 is 17.4 Å². The molecule has 1 saturated carbocycles. The summed E-state index contributed by atoms with van der Waals surface area (Å²) in [6.45, 7) is 4.17. The predicted molar refractivity (Wildman–Crippen MR) is 116 cm³/mol. The number of amides is 1. The van der Waals surface area contributed by atoms with Crippen LogP contribution in [0.25, 0.3) is 16.9 Å². The average molecular weight is 381 g/mol. The Balaban J connectivity index is 1.50. The maximum atomic E-state index is 13.1. The summed E-state index contributed by atoms with van der Waals surface area (Å²) in [6, 6.07) is 22.6. The van der Waals surface area contributed by atoms with Crippen molar-refractivity contribution in [3.05, 3.63) is 89.6 Å². The summed E-state index contributed by atoms with van der Waals surface area (Å²) in [5.41, 5.74) is 6.26. The Morgan fingerprint density at radius 2 is 1.72 bits per heavy atom. The third-order valence-electron chi connectivity index (χ3n) is 5.62. The van der Waals surface area contributed by atoms with Gasteiger partial charge in [-0.3, -0.25) is 9.20 Å². The second-order valence-electron chi connectivity index (χ2n) is 7.96. The first-order chi connectivity index (χ1) is 14.1. The van der Waals surface area contributed by atoms with E-state index in [0.29, 0.717) is 5.92 Å². The minimum absolute atomic E-state index is 0.0127. The molecule has 0 spiro atoms. The van der Waals surface area contributed by atoms with Gasteiger partial charge in [0.05, 0.1) is 0 Å². The number of aryl methyl sites for hydroxylation is 2. The third kappa shape index (κ3) is 3.31. The number of anilines is 1. The topological polar surface area (TPSA) is 46.4 Å². The first-order valence-corrected chi connectivity index (χ1v) is 10.0. The van der Waals surface area contributed by atoms with Crippen LogP contribution in [0.4, 0.5) is 5.82 Å². The minimum atomic E-state index is 0.0127. The minimum Gasteiger partial charge on any atom is -0.310 e. The number of hydrogen-bond acceptors (Lipinski definition) is 2. The van der Waals surface area contributed by atoms with E-state index in [0.717, 1.165) is 29.1 Å². The van der Waals surface area contributed by atoms with E-state index in [1.807, 2.05) is 47.0 Å². The van der Waals surface area contributed by atoms with Crippen molar-refractivity contribution in [2.45, 2.75) is 26.2 Å². The number of pyridine rings is 1. The molecule has 0 aliphatic heterocycles. The van der Waals surface area contributed by atoms with Crippen LogP contribution in [0.15, 0.2) is 72.9 Å². The van der Waals surface area contributed by atoms with Crippen LogP contribution in [-0.4, -0.2) is 15.3 Å². The Hall–Kier alpha value is -3.40. The van der Waals surface area contributed by atoms with Crippen molar-refractivity contribution in [2.75, 3.05) is 5.32 Å². The molecule has 2 aromatic carbocycles. The normalized spacial score (nSPS) is 18.0. The van der Waals surface area contributed by atoms with Gasteiger partial charge in [-0.1, -0.05) is 53.6 Å². The van der Waals surface area contributed by atoms with Crippen molar-refractivity contribution in [3.63, 3.8) is 0 Å². The van der Waals surface area contributed by atoms with Gasteiger partial charge in [0.1, 0.15) is 17.2 Å². The number of benzene rings is 2. The molecule has 4 heteroatoms. The first-order valence-electron chi connectivity index (χ1n) is 10.0. The highest BCUT2D eigenvalue weighted by molar-refractivity contribution is 5.98. The summed E-state index contributed by atoms with van der Waals surface area (Å²) in [4.78, 5) is 17.9. The predicted octanol–water partition coefficient (Wildman–Crippen LogP) is 5.36. The number of nitrogens with zero attached hydrogens (tertiary/aromatic N) is 2. The van der Waals surface area contributed by atoms with Crippen molar-refractivity contribution in [1.82, 2.24) is 9.38 Å². The molecule has 0 saturated heterocycles. The molecule has 2 aromatic heterocycles. The van der Waals surface area contributed by atoms with Crippen LogP contribution in [0.2, 0.25) is 0 Å². The fourth-order valence-electron chi connectivity index (χ4n) is 4.19. The standard InChI is InChI=1S/C25H23N3O/c1-16-12-17(2)14-19(13-16)23-24(28-11-7-6-10-22(28)26-23)27-25(29)21-15-20(21)18-8-4-3-5-9-18/h3-14,20-21H,15H2,1-2H3,(H,27,29)/t20-,21+/m0/s1. The molecule has 144 valence electrons. The van der Waals surface area contributed by atoms with Gasteiger partial charge < -0.3 is 5.32 Å². The third-order valence-corrected chi connectivity index (χ3v) is 5.62. The zero-order valence-corrected chi connectivity index (χ0v) is 16.6. The van der Waals surface area contributed by atoms with Crippen LogP contribution in [-0.2, 0) is 4.79 Å². The molecular formula is C25H23N3O. The molecule has 1 aliphatic rings. The van der Waals surface area contributed by atoms with E-state index in [1.54, 1.807) is 0 Å². The molecule has 4 aromatic rings. The number of carbonyl (C=O) groups excluding carboxylic acids is 1. The van der Waals surface area contributed by atoms with Crippen LogP contribution < -0.4 is 5.32 Å². The molecular weight excluding hydrogens is 358 g/mol. The lowest BCUT2D eigenvalue weighted by molar-refractivity contribution is -0.117. The number of rotatable bonds is 4. The molecule has 29 heavy (non-hydrogen) atoms. The molecule has 2 heterocycles. The quantitative estimate of drug-likeness (QED) is 0.517. The summed E-state index contributed by atoms with van der Waals surface area (Å²) in [7, 11) is 0. The summed E-state index contributed by atoms with van der Waals surface area (Å²) >= 11 is 0. The fraction of sp³-hybridized carbons (Fsp3) is 0.200. The Morgan fingerprint density at radius 3 is 2.48 bits per heavy atom. The monoisotopic (exact) mass is 381 g/mol. The molecule has 1 N–H and O–H groups in total. The number of aromatic nitrogens is 2. The molecule has 0 radical (unpaired) electrons. The number of imidazole rings is 1. The van der Waals surface area contributed by atoms with Gasteiger partial charge in [-0.2, -0.15) is 0 Å². The van der Waals surface area contributed by atoms with Crippen molar-refractivity contribution < 1.29 is 4.79 Å². The Morgan fingerprint density at radius 1 is 1.00 bits per heavy atom. The van der Waals surface area contributed by atoms with Gasteiger partial charge in [0.25, 0.3) is 0 Å². The van der Waals surface area contributed by atoms with E-state index in [2.05, 4.69) is 49.5 Å². The smallest absolute Gasteiger partial charge is 0.229 e. The summed E-state index contributed by atoms with van der Waals surface area (Å²) < 4.78 is 1.96. The van der Waals surface area contributed by atoms with E-state index in [1.165, 1.54) is 16.7 Å². The lowest BCUT2D eigenvalue weighted by atomic mass is 10.0. The highest BCUT2D eigenvalue weighted by atomic mass is 16.2. The van der Waals surface area contributed by atoms with Gasteiger partial charge in [0.2, 0.25) is 5.91 Å². The SMILES string of the molecule is Cc1cc(C)cc(-c2nc3ccccn3c2NC(=O)[C@@H]2C[C@H]2c2ccccc2)c1. The van der Waals surface area contributed by atoms with Crippen molar-refractivity contribution in [1.29, 1.82) is 0 Å². The molecule has 1 amide bonds. The van der Waals surface area contributed by atoms with Crippen molar-refractivity contribution in [3.8, 4) is 11.3 Å². The molecule has 4 nitrogen and oxygen atoms in total. The summed E-state index contributed by atoms with van der Waals surface area (Å²) in [5.74, 6) is 1.13. The van der Waals surface area contributed by atoms with Crippen LogP contribution in [0.5, 0.6) is 0 Å². The Labute approximate surface area is 170 Å². The maximum absolute atomic E-state index is 13.1. The second-order valence-corrected chi connectivity index (χ2v) is 7.96. The Kier molecular flexibility index (Phi) is 4.20. The second kappa shape index (κ2) is 6.89. The molecule has 0 bridgehead atoms. The van der Waals surface area contributed by atoms with E-state index in [4.69, 9.17) is 4.98 Å². The highest BCUT2D eigenvalue weighted by Crippen LogP contribution is 2.48. The number of nitrogens with one attached hydrogen (secondary N) is 1. The van der Waals surface area contributed by atoms with E-state index in [-0.39, 0.29) is 11.8 Å². The molecule has 0 unspecified atom stereocenters. The zero-order chi connectivity index (χ0) is 20.0. The first kappa shape index (κ1) is 17.7. The molecule has 1 fully saturated rings. The Bertz CT molecular complexity index is 1190. The van der Waals surface area contributed by atoms with Crippen LogP contribution in [0.3, 0.4) is 0 Å². The van der Waals surface area contributed by atoms with E-state index in [9.17, 15) is 4.79 Å². The molecule has 5 rings (SSSR count). The lowest BCUT2D eigenvalue weighted by Crippen LogP contribution is -2.16. The number of carbonyl (C=O) groups is 1. The number of fused-ring (bicyclic) bond motifs is 1.